The highest BCUT2D eigenvalue weighted by molar-refractivity contribution is 5.85. The molecule has 0 bridgehead atoms. The molecule has 6 nitrogen and oxygen atoms in total. The average molecular weight is 407 g/mol. The van der Waals surface area contributed by atoms with Crippen molar-refractivity contribution in [2.75, 3.05) is 19.6 Å². The van der Waals surface area contributed by atoms with E-state index in [-0.39, 0.29) is 24.4 Å². The number of aryl methyl sites for hydroxylation is 2. The van der Waals surface area contributed by atoms with Crippen molar-refractivity contribution in [3.05, 3.63) is 47.5 Å². The van der Waals surface area contributed by atoms with Gasteiger partial charge in [-0.2, -0.15) is 0 Å². The molecular formula is C21H31ClN4O2. The number of piperazine rings is 1. The molecule has 1 aliphatic heterocycles. The smallest absolute Gasteiger partial charge is 0.264 e. The molecule has 0 aliphatic carbocycles. The minimum atomic E-state index is -0.551. The van der Waals surface area contributed by atoms with E-state index < -0.39 is 6.10 Å². The Labute approximate surface area is 173 Å². The Bertz CT molecular complexity index is 805. The van der Waals surface area contributed by atoms with Crippen LogP contribution in [0.5, 0.6) is 5.75 Å². The van der Waals surface area contributed by atoms with Crippen LogP contribution in [0.25, 0.3) is 0 Å². The molecule has 1 amide bonds. The average Bonchev–Trinajstić information content (AvgIpc) is 3.06. The number of carbonyl (C=O) groups excluding carboxylic acids is 1. The summed E-state index contributed by atoms with van der Waals surface area (Å²) in [7, 11) is 1.96. The van der Waals surface area contributed by atoms with Gasteiger partial charge in [0.25, 0.3) is 5.91 Å². The van der Waals surface area contributed by atoms with Crippen molar-refractivity contribution in [1.29, 1.82) is 0 Å². The number of carbonyl (C=O) groups is 1. The zero-order chi connectivity index (χ0) is 19.6. The predicted molar refractivity (Wildman–Crippen MR) is 113 cm³/mol. The van der Waals surface area contributed by atoms with Crippen molar-refractivity contribution in [2.24, 2.45) is 7.05 Å². The lowest BCUT2D eigenvalue weighted by Gasteiger charge is -2.37. The van der Waals surface area contributed by atoms with Crippen LogP contribution in [0.4, 0.5) is 0 Å². The monoisotopic (exact) mass is 406 g/mol. The van der Waals surface area contributed by atoms with Gasteiger partial charge in [0.2, 0.25) is 0 Å². The normalized spacial score (nSPS) is 17.9. The molecule has 2 unspecified atom stereocenters. The van der Waals surface area contributed by atoms with Crippen molar-refractivity contribution in [2.45, 2.75) is 45.8 Å². The Morgan fingerprint density at radius 3 is 2.71 bits per heavy atom. The molecule has 1 aliphatic rings. The fraction of sp³-hybridized carbons (Fsp3) is 0.524. The summed E-state index contributed by atoms with van der Waals surface area (Å²) in [6.07, 6.45) is 3.13. The summed E-state index contributed by atoms with van der Waals surface area (Å²) in [5, 5.41) is 3.37. The fourth-order valence-corrected chi connectivity index (χ4v) is 3.59. The minimum Gasteiger partial charge on any atom is -0.481 e. The molecule has 2 atom stereocenters. The first kappa shape index (κ1) is 22.2. The van der Waals surface area contributed by atoms with Gasteiger partial charge in [-0.25, -0.2) is 4.98 Å². The second-order valence-electron chi connectivity index (χ2n) is 7.60. The van der Waals surface area contributed by atoms with Gasteiger partial charge in [0.15, 0.2) is 6.10 Å². The molecule has 7 heteroatoms. The van der Waals surface area contributed by atoms with E-state index in [9.17, 15) is 4.79 Å². The number of rotatable bonds is 5. The summed E-state index contributed by atoms with van der Waals surface area (Å²) in [6, 6.07) is 6.11. The molecule has 1 N–H and O–H groups in total. The summed E-state index contributed by atoms with van der Waals surface area (Å²) in [5.74, 6) is 2.03. The summed E-state index contributed by atoms with van der Waals surface area (Å²) < 4.78 is 8.13. The van der Waals surface area contributed by atoms with Gasteiger partial charge >= 0.3 is 0 Å². The Balaban J connectivity index is 0.00000280. The van der Waals surface area contributed by atoms with E-state index in [0.29, 0.717) is 19.0 Å². The van der Waals surface area contributed by atoms with Crippen molar-refractivity contribution in [1.82, 2.24) is 19.8 Å². The van der Waals surface area contributed by atoms with Gasteiger partial charge in [0.05, 0.1) is 0 Å². The molecule has 1 aromatic heterocycles. The Kier molecular flexibility index (Phi) is 7.49. The first-order valence-electron chi connectivity index (χ1n) is 9.64. The van der Waals surface area contributed by atoms with Gasteiger partial charge < -0.3 is 19.5 Å². The molecule has 1 fully saturated rings. The Morgan fingerprint density at radius 2 is 2.07 bits per heavy atom. The molecule has 3 rings (SSSR count). The number of nitrogens with one attached hydrogen (secondary N) is 1. The number of aromatic nitrogens is 2. The largest absolute Gasteiger partial charge is 0.481 e. The third kappa shape index (κ3) is 4.67. The standard InChI is InChI=1S/C21H30N4O2.ClH/c1-14(2)17-7-6-15(3)12-19(17)27-16(4)21(26)25-11-8-22-13-18(25)20-23-9-10-24(20)5;/h6-7,9-10,12,14,16,18,22H,8,11,13H2,1-5H3;1H. The summed E-state index contributed by atoms with van der Waals surface area (Å²) >= 11 is 0. The van der Waals surface area contributed by atoms with Crippen molar-refractivity contribution < 1.29 is 9.53 Å². The van der Waals surface area contributed by atoms with Gasteiger partial charge in [-0.3, -0.25) is 4.79 Å². The molecular weight excluding hydrogens is 376 g/mol. The molecule has 0 radical (unpaired) electrons. The summed E-state index contributed by atoms with van der Waals surface area (Å²) in [5.41, 5.74) is 2.25. The molecule has 154 valence electrons. The van der Waals surface area contributed by atoms with Gasteiger partial charge in [0.1, 0.15) is 17.6 Å². The number of benzene rings is 1. The van der Waals surface area contributed by atoms with Crippen molar-refractivity contribution in [3.8, 4) is 5.75 Å². The predicted octanol–water partition coefficient (Wildman–Crippen LogP) is 3.21. The number of hydrogen-bond donors (Lipinski definition) is 1. The number of ether oxygens (including phenoxy) is 1. The van der Waals surface area contributed by atoms with E-state index in [2.05, 4.69) is 36.3 Å². The van der Waals surface area contributed by atoms with Crippen LogP contribution in [0.15, 0.2) is 30.6 Å². The van der Waals surface area contributed by atoms with Crippen LogP contribution < -0.4 is 10.1 Å². The van der Waals surface area contributed by atoms with Crippen molar-refractivity contribution in [3.63, 3.8) is 0 Å². The number of nitrogens with zero attached hydrogens (tertiary/aromatic N) is 3. The van der Waals surface area contributed by atoms with Crippen LogP contribution in [0.1, 0.15) is 49.7 Å². The zero-order valence-corrected chi connectivity index (χ0v) is 18.1. The van der Waals surface area contributed by atoms with E-state index in [4.69, 9.17) is 4.74 Å². The minimum absolute atomic E-state index is 0. The fourth-order valence-electron chi connectivity index (χ4n) is 3.59. The zero-order valence-electron chi connectivity index (χ0n) is 17.3. The van der Waals surface area contributed by atoms with Gasteiger partial charge in [-0.05, 0) is 37.0 Å². The lowest BCUT2D eigenvalue weighted by molar-refractivity contribution is -0.141. The van der Waals surface area contributed by atoms with E-state index in [1.54, 1.807) is 6.20 Å². The maximum atomic E-state index is 13.2. The quantitative estimate of drug-likeness (QED) is 0.828. The lowest BCUT2D eigenvalue weighted by atomic mass is 10.0. The summed E-state index contributed by atoms with van der Waals surface area (Å²) in [4.78, 5) is 19.6. The highest BCUT2D eigenvalue weighted by atomic mass is 35.5. The topological polar surface area (TPSA) is 59.4 Å². The van der Waals surface area contributed by atoms with Gasteiger partial charge in [-0.15, -0.1) is 12.4 Å². The second-order valence-corrected chi connectivity index (χ2v) is 7.60. The van der Waals surface area contributed by atoms with Crippen LogP contribution in [-0.4, -0.2) is 46.1 Å². The first-order valence-corrected chi connectivity index (χ1v) is 9.64. The Hall–Kier alpha value is -2.05. The van der Waals surface area contributed by atoms with Crippen molar-refractivity contribution >= 4 is 18.3 Å². The summed E-state index contributed by atoms with van der Waals surface area (Å²) in [6.45, 7) is 10.3. The van der Waals surface area contributed by atoms with E-state index >= 15 is 0 Å². The third-order valence-corrected chi connectivity index (χ3v) is 5.13. The highest BCUT2D eigenvalue weighted by Gasteiger charge is 2.33. The van der Waals surface area contributed by atoms with Crippen LogP contribution in [0.2, 0.25) is 0 Å². The maximum Gasteiger partial charge on any atom is 0.264 e. The number of hydrogen-bond acceptors (Lipinski definition) is 4. The van der Waals surface area contributed by atoms with Crippen LogP contribution >= 0.6 is 12.4 Å². The third-order valence-electron chi connectivity index (χ3n) is 5.13. The van der Waals surface area contributed by atoms with E-state index in [0.717, 1.165) is 29.2 Å². The molecule has 0 saturated carbocycles. The molecule has 28 heavy (non-hydrogen) atoms. The molecule has 2 heterocycles. The number of amides is 1. The lowest BCUT2D eigenvalue weighted by Crippen LogP contribution is -2.52. The number of imidazole rings is 1. The molecule has 1 aromatic carbocycles. The molecule has 0 spiro atoms. The molecule has 2 aromatic rings. The number of halogens is 1. The van der Waals surface area contributed by atoms with E-state index in [1.807, 2.05) is 42.6 Å². The highest BCUT2D eigenvalue weighted by Crippen LogP contribution is 2.29. The maximum absolute atomic E-state index is 13.2. The second kappa shape index (κ2) is 9.43. The van der Waals surface area contributed by atoms with Gasteiger partial charge in [0, 0.05) is 39.1 Å². The van der Waals surface area contributed by atoms with Gasteiger partial charge in [-0.1, -0.05) is 26.0 Å². The van der Waals surface area contributed by atoms with E-state index in [1.165, 1.54) is 0 Å². The van der Waals surface area contributed by atoms with Crippen LogP contribution in [-0.2, 0) is 11.8 Å². The first-order chi connectivity index (χ1) is 12.9. The SMILES string of the molecule is Cc1ccc(C(C)C)c(OC(C)C(=O)N2CCNCC2c2nccn2C)c1.Cl. The van der Waals surface area contributed by atoms with Crippen LogP contribution in [0.3, 0.4) is 0 Å². The molecule has 1 saturated heterocycles. The Morgan fingerprint density at radius 1 is 1.32 bits per heavy atom. The van der Waals surface area contributed by atoms with Crippen LogP contribution in [0, 0.1) is 6.92 Å².